The number of carbonyl (C=O) groups excluding carboxylic acids is 1. The van der Waals surface area contributed by atoms with Gasteiger partial charge >= 0.3 is 0 Å². The van der Waals surface area contributed by atoms with Crippen LogP contribution < -0.4 is 4.72 Å². The Labute approximate surface area is 185 Å². The van der Waals surface area contributed by atoms with Gasteiger partial charge in [0, 0.05) is 58.1 Å². The lowest BCUT2D eigenvalue weighted by Crippen LogP contribution is -2.48. The molecule has 0 atom stereocenters. The first-order chi connectivity index (χ1) is 14.6. The fourth-order valence-electron chi connectivity index (χ4n) is 3.57. The maximum Gasteiger partial charge on any atom is 0.240 e. The van der Waals surface area contributed by atoms with Gasteiger partial charge in [0.25, 0.3) is 0 Å². The number of nitrogens with zero attached hydrogens (tertiary/aromatic N) is 3. The maximum absolute atomic E-state index is 12.5. The number of rotatable bonds is 7. The number of pyridine rings is 1. The molecule has 0 radical (unpaired) electrons. The van der Waals surface area contributed by atoms with E-state index in [1.807, 2.05) is 29.2 Å². The van der Waals surface area contributed by atoms with Crippen molar-refractivity contribution in [3.63, 3.8) is 0 Å². The fraction of sp³-hybridized carbons (Fsp3) is 0.478. The molecule has 1 aliphatic heterocycles. The van der Waals surface area contributed by atoms with Crippen LogP contribution in [0.1, 0.15) is 38.3 Å². The van der Waals surface area contributed by atoms with Gasteiger partial charge < -0.3 is 4.90 Å². The summed E-state index contributed by atoms with van der Waals surface area (Å²) < 4.78 is 27.6. The summed E-state index contributed by atoms with van der Waals surface area (Å²) in [6.45, 7) is 10.1. The minimum absolute atomic E-state index is 0.0191. The summed E-state index contributed by atoms with van der Waals surface area (Å²) in [5.41, 5.74) is 2.24. The lowest BCUT2D eigenvalue weighted by molar-refractivity contribution is -0.132. The van der Waals surface area contributed by atoms with Crippen molar-refractivity contribution < 1.29 is 13.2 Å². The normalized spacial score (nSPS) is 15.8. The second kappa shape index (κ2) is 9.89. The monoisotopic (exact) mass is 444 g/mol. The van der Waals surface area contributed by atoms with Crippen molar-refractivity contribution in [1.29, 1.82) is 0 Å². The van der Waals surface area contributed by atoms with Crippen LogP contribution in [-0.2, 0) is 26.8 Å². The van der Waals surface area contributed by atoms with Crippen molar-refractivity contribution in [1.82, 2.24) is 19.5 Å². The Morgan fingerprint density at radius 3 is 2.19 bits per heavy atom. The third kappa shape index (κ3) is 6.59. The molecule has 2 heterocycles. The van der Waals surface area contributed by atoms with E-state index < -0.39 is 10.0 Å². The molecule has 1 amide bonds. The third-order valence-corrected chi connectivity index (χ3v) is 7.02. The Morgan fingerprint density at radius 1 is 1.00 bits per heavy atom. The Bertz CT molecular complexity index is 962. The standard InChI is InChI=1S/C23H32N4O3S/c1-23(2,3)20-4-6-21(7-5-20)31(29,30)25-13-10-22(28)27-16-14-26(15-17-27)18-19-8-11-24-12-9-19/h4-9,11-12,25H,10,13-18H2,1-3H3. The quantitative estimate of drug-likeness (QED) is 0.709. The number of sulfonamides is 1. The number of benzene rings is 1. The summed E-state index contributed by atoms with van der Waals surface area (Å²) in [5, 5.41) is 0. The molecule has 0 spiro atoms. The maximum atomic E-state index is 12.5. The van der Waals surface area contributed by atoms with Gasteiger partial charge in [0.2, 0.25) is 15.9 Å². The summed E-state index contributed by atoms with van der Waals surface area (Å²) in [5.74, 6) is -0.0191. The van der Waals surface area contributed by atoms with E-state index in [4.69, 9.17) is 0 Å². The van der Waals surface area contributed by atoms with Crippen LogP contribution in [0.4, 0.5) is 0 Å². The lowest BCUT2D eigenvalue weighted by atomic mass is 9.87. The van der Waals surface area contributed by atoms with Gasteiger partial charge in [0.1, 0.15) is 0 Å². The van der Waals surface area contributed by atoms with Crippen LogP contribution in [0.15, 0.2) is 53.7 Å². The van der Waals surface area contributed by atoms with E-state index in [1.165, 1.54) is 5.56 Å². The molecule has 7 nitrogen and oxygen atoms in total. The molecule has 31 heavy (non-hydrogen) atoms. The molecule has 3 rings (SSSR count). The number of nitrogens with one attached hydrogen (secondary N) is 1. The van der Waals surface area contributed by atoms with Gasteiger partial charge in [-0.2, -0.15) is 0 Å². The second-order valence-electron chi connectivity index (χ2n) is 8.93. The van der Waals surface area contributed by atoms with Crippen LogP contribution in [0, 0.1) is 0 Å². The second-order valence-corrected chi connectivity index (χ2v) is 10.7. The van der Waals surface area contributed by atoms with Crippen LogP contribution in [0.3, 0.4) is 0 Å². The van der Waals surface area contributed by atoms with Crippen LogP contribution in [0.2, 0.25) is 0 Å². The van der Waals surface area contributed by atoms with Gasteiger partial charge in [-0.1, -0.05) is 32.9 Å². The lowest BCUT2D eigenvalue weighted by Gasteiger charge is -2.34. The molecule has 8 heteroatoms. The predicted octanol–water partition coefficient (Wildman–Crippen LogP) is 2.39. The summed E-state index contributed by atoms with van der Waals surface area (Å²) in [4.78, 5) is 20.9. The van der Waals surface area contributed by atoms with Crippen molar-refractivity contribution in [3.05, 3.63) is 59.9 Å². The molecule has 0 bridgehead atoms. The third-order valence-electron chi connectivity index (χ3n) is 5.54. The Balaban J connectivity index is 1.43. The largest absolute Gasteiger partial charge is 0.340 e. The van der Waals surface area contributed by atoms with Gasteiger partial charge in [-0.3, -0.25) is 14.7 Å². The Hall–Kier alpha value is -2.29. The van der Waals surface area contributed by atoms with Crippen molar-refractivity contribution in [2.24, 2.45) is 0 Å². The van der Waals surface area contributed by atoms with E-state index >= 15 is 0 Å². The van der Waals surface area contributed by atoms with E-state index in [0.29, 0.717) is 13.1 Å². The smallest absolute Gasteiger partial charge is 0.240 e. The molecule has 1 aromatic heterocycles. The first kappa shape index (κ1) is 23.4. The molecular formula is C23H32N4O3S. The Kier molecular flexibility index (Phi) is 7.46. The molecule has 1 aromatic carbocycles. The summed E-state index contributed by atoms with van der Waals surface area (Å²) >= 11 is 0. The van der Waals surface area contributed by atoms with Gasteiger partial charge in [0.15, 0.2) is 0 Å². The molecule has 0 saturated carbocycles. The first-order valence-electron chi connectivity index (χ1n) is 10.6. The summed E-state index contributed by atoms with van der Waals surface area (Å²) in [6.07, 6.45) is 3.73. The highest BCUT2D eigenvalue weighted by Crippen LogP contribution is 2.23. The van der Waals surface area contributed by atoms with E-state index in [9.17, 15) is 13.2 Å². The predicted molar refractivity (Wildman–Crippen MR) is 121 cm³/mol. The Morgan fingerprint density at radius 2 is 1.61 bits per heavy atom. The van der Waals surface area contributed by atoms with Gasteiger partial charge in [0.05, 0.1) is 4.90 Å². The van der Waals surface area contributed by atoms with Crippen molar-refractivity contribution >= 4 is 15.9 Å². The van der Waals surface area contributed by atoms with Gasteiger partial charge in [-0.05, 0) is 40.8 Å². The minimum atomic E-state index is -3.63. The zero-order valence-corrected chi connectivity index (χ0v) is 19.4. The van der Waals surface area contributed by atoms with Crippen molar-refractivity contribution in [3.8, 4) is 0 Å². The molecule has 0 unspecified atom stereocenters. The van der Waals surface area contributed by atoms with E-state index in [1.54, 1.807) is 24.5 Å². The molecule has 1 N–H and O–H groups in total. The molecule has 1 saturated heterocycles. The molecule has 1 fully saturated rings. The first-order valence-corrected chi connectivity index (χ1v) is 12.1. The van der Waals surface area contributed by atoms with E-state index in [-0.39, 0.29) is 29.2 Å². The topological polar surface area (TPSA) is 82.6 Å². The fourth-order valence-corrected chi connectivity index (χ4v) is 4.60. The molecule has 168 valence electrons. The number of amides is 1. The number of piperazine rings is 1. The van der Waals surface area contributed by atoms with Crippen molar-refractivity contribution in [2.75, 3.05) is 32.7 Å². The number of carbonyl (C=O) groups is 1. The number of hydrogen-bond donors (Lipinski definition) is 1. The van der Waals surface area contributed by atoms with E-state index in [0.717, 1.165) is 25.2 Å². The van der Waals surface area contributed by atoms with Crippen LogP contribution in [-0.4, -0.2) is 61.8 Å². The summed E-state index contributed by atoms with van der Waals surface area (Å²) in [6, 6.07) is 10.9. The van der Waals surface area contributed by atoms with Gasteiger partial charge in [-0.15, -0.1) is 0 Å². The average Bonchev–Trinajstić information content (AvgIpc) is 2.74. The highest BCUT2D eigenvalue weighted by Gasteiger charge is 2.22. The van der Waals surface area contributed by atoms with Gasteiger partial charge in [-0.25, -0.2) is 13.1 Å². The zero-order valence-electron chi connectivity index (χ0n) is 18.5. The van der Waals surface area contributed by atoms with Crippen molar-refractivity contribution in [2.45, 2.75) is 44.0 Å². The SMILES string of the molecule is CC(C)(C)c1ccc(S(=O)(=O)NCCC(=O)N2CCN(Cc3ccncc3)CC2)cc1. The number of aromatic nitrogens is 1. The summed E-state index contributed by atoms with van der Waals surface area (Å²) in [7, 11) is -3.63. The molecule has 1 aliphatic rings. The van der Waals surface area contributed by atoms with Crippen LogP contribution >= 0.6 is 0 Å². The zero-order chi connectivity index (χ0) is 22.5. The average molecular weight is 445 g/mol. The van der Waals surface area contributed by atoms with Crippen LogP contribution in [0.25, 0.3) is 0 Å². The molecule has 2 aromatic rings. The molecular weight excluding hydrogens is 412 g/mol. The van der Waals surface area contributed by atoms with E-state index in [2.05, 4.69) is 35.4 Å². The number of hydrogen-bond acceptors (Lipinski definition) is 5. The molecule has 0 aliphatic carbocycles. The highest BCUT2D eigenvalue weighted by molar-refractivity contribution is 7.89. The highest BCUT2D eigenvalue weighted by atomic mass is 32.2. The van der Waals surface area contributed by atoms with Crippen LogP contribution in [0.5, 0.6) is 0 Å². The minimum Gasteiger partial charge on any atom is -0.340 e.